The monoisotopic (exact) mass is 343 g/mol. The number of aliphatic hydroxyl groups is 1. The van der Waals surface area contributed by atoms with E-state index in [1.54, 1.807) is 18.2 Å². The molecule has 0 spiro atoms. The Morgan fingerprint density at radius 3 is 2.39 bits per heavy atom. The predicted octanol–water partition coefficient (Wildman–Crippen LogP) is 3.25. The van der Waals surface area contributed by atoms with Crippen LogP contribution in [0.5, 0.6) is 0 Å². The highest BCUT2D eigenvalue weighted by molar-refractivity contribution is 7.10. The molecular weight excluding hydrogens is 327 g/mol. The van der Waals surface area contributed by atoms with Crippen molar-refractivity contribution in [2.45, 2.75) is 24.6 Å². The van der Waals surface area contributed by atoms with Crippen molar-refractivity contribution in [3.8, 4) is 0 Å². The fraction of sp³-hybridized carbons (Fsp3) is 0.312. The lowest BCUT2D eigenvalue weighted by Gasteiger charge is -2.31. The van der Waals surface area contributed by atoms with Gasteiger partial charge in [-0.3, -0.25) is 4.79 Å². The molecule has 0 aliphatic carbocycles. The van der Waals surface area contributed by atoms with Crippen molar-refractivity contribution < 1.29 is 23.1 Å². The molecule has 1 aromatic heterocycles. The molecule has 0 unspecified atom stereocenters. The van der Waals surface area contributed by atoms with Gasteiger partial charge in [0.05, 0.1) is 6.42 Å². The van der Waals surface area contributed by atoms with Crippen LogP contribution in [0, 0.1) is 0 Å². The van der Waals surface area contributed by atoms with E-state index in [-0.39, 0.29) is 24.4 Å². The van der Waals surface area contributed by atoms with Crippen LogP contribution in [-0.4, -0.2) is 23.7 Å². The molecule has 0 aliphatic heterocycles. The van der Waals surface area contributed by atoms with Gasteiger partial charge in [0.1, 0.15) is 0 Å². The fourth-order valence-corrected chi connectivity index (χ4v) is 2.88. The second kappa shape index (κ2) is 7.14. The summed E-state index contributed by atoms with van der Waals surface area (Å²) in [6.45, 7) is -0.269. The number of rotatable bonds is 6. The summed E-state index contributed by atoms with van der Waals surface area (Å²) in [5.41, 5.74) is -3.22. The molecule has 124 valence electrons. The normalized spacial score (nSPS) is 14.3. The molecule has 0 saturated heterocycles. The van der Waals surface area contributed by atoms with Gasteiger partial charge in [0.25, 0.3) is 0 Å². The summed E-state index contributed by atoms with van der Waals surface area (Å²) < 4.78 is 39.8. The summed E-state index contributed by atoms with van der Waals surface area (Å²) in [7, 11) is 0. The number of nitrogens with one attached hydrogen (secondary N) is 1. The molecule has 1 amide bonds. The number of hydrogen-bond donors (Lipinski definition) is 2. The third-order valence-electron chi connectivity index (χ3n) is 3.44. The quantitative estimate of drug-likeness (QED) is 0.846. The highest BCUT2D eigenvalue weighted by Gasteiger charge is 2.54. The van der Waals surface area contributed by atoms with E-state index in [0.29, 0.717) is 0 Å². The molecule has 0 bridgehead atoms. The molecule has 0 aliphatic rings. The minimum Gasteiger partial charge on any atom is -0.376 e. The Hall–Kier alpha value is -1.86. The molecule has 2 rings (SSSR count). The third kappa shape index (κ3) is 4.33. The van der Waals surface area contributed by atoms with Crippen molar-refractivity contribution in [2.75, 3.05) is 6.54 Å². The maximum Gasteiger partial charge on any atom is 0.421 e. The molecule has 1 atom stereocenters. The maximum atomic E-state index is 13.3. The van der Waals surface area contributed by atoms with E-state index in [2.05, 4.69) is 5.32 Å². The lowest BCUT2D eigenvalue weighted by molar-refractivity contribution is -0.268. The van der Waals surface area contributed by atoms with E-state index in [4.69, 9.17) is 0 Å². The van der Waals surface area contributed by atoms with Gasteiger partial charge in [-0.2, -0.15) is 13.2 Å². The number of hydrogen-bond acceptors (Lipinski definition) is 3. The molecule has 3 nitrogen and oxygen atoms in total. The van der Waals surface area contributed by atoms with Gasteiger partial charge < -0.3 is 10.4 Å². The largest absolute Gasteiger partial charge is 0.421 e. The van der Waals surface area contributed by atoms with Crippen LogP contribution < -0.4 is 5.32 Å². The van der Waals surface area contributed by atoms with Crippen LogP contribution >= 0.6 is 11.3 Å². The summed E-state index contributed by atoms with van der Waals surface area (Å²) in [6, 6.07) is 10.5. The second-order valence-corrected chi connectivity index (χ2v) is 6.11. The van der Waals surface area contributed by atoms with Crippen LogP contribution in [0.15, 0.2) is 47.8 Å². The average molecular weight is 343 g/mol. The Labute approximate surface area is 135 Å². The van der Waals surface area contributed by atoms with Crippen molar-refractivity contribution in [1.29, 1.82) is 0 Å². The van der Waals surface area contributed by atoms with Crippen molar-refractivity contribution >= 4 is 17.2 Å². The fourth-order valence-electron chi connectivity index (χ4n) is 2.18. The first-order valence-corrected chi connectivity index (χ1v) is 7.84. The van der Waals surface area contributed by atoms with Crippen molar-refractivity contribution in [2.24, 2.45) is 0 Å². The highest BCUT2D eigenvalue weighted by Crippen LogP contribution is 2.41. The average Bonchev–Trinajstić information content (AvgIpc) is 2.99. The number of amides is 1. The first kappa shape index (κ1) is 17.5. The number of halogens is 3. The van der Waals surface area contributed by atoms with E-state index in [0.717, 1.165) is 4.88 Å². The van der Waals surface area contributed by atoms with E-state index in [1.807, 2.05) is 5.38 Å². The van der Waals surface area contributed by atoms with E-state index in [1.165, 1.54) is 35.6 Å². The number of benzene rings is 1. The van der Waals surface area contributed by atoms with E-state index in [9.17, 15) is 23.1 Å². The summed E-state index contributed by atoms with van der Waals surface area (Å²) in [5.74, 6) is -0.370. The van der Waals surface area contributed by atoms with Crippen molar-refractivity contribution in [1.82, 2.24) is 5.32 Å². The molecule has 0 saturated carbocycles. The molecule has 1 heterocycles. The molecule has 0 radical (unpaired) electrons. The predicted molar refractivity (Wildman–Crippen MR) is 82.0 cm³/mol. The maximum absolute atomic E-state index is 13.3. The van der Waals surface area contributed by atoms with Crippen LogP contribution in [-0.2, 0) is 16.8 Å². The number of carbonyl (C=O) groups is 1. The molecule has 23 heavy (non-hydrogen) atoms. The summed E-state index contributed by atoms with van der Waals surface area (Å²) in [6.07, 6.45) is -5.35. The lowest BCUT2D eigenvalue weighted by Crippen LogP contribution is -2.45. The van der Waals surface area contributed by atoms with Crippen LogP contribution in [0.3, 0.4) is 0 Å². The number of alkyl halides is 3. The summed E-state index contributed by atoms with van der Waals surface area (Å²) in [4.78, 5) is 12.5. The second-order valence-electron chi connectivity index (χ2n) is 5.08. The Kier molecular flexibility index (Phi) is 5.43. The van der Waals surface area contributed by atoms with E-state index >= 15 is 0 Å². The highest BCUT2D eigenvalue weighted by atomic mass is 32.1. The number of carbonyl (C=O) groups excluding carboxylic acids is 1. The van der Waals surface area contributed by atoms with Crippen LogP contribution in [0.2, 0.25) is 0 Å². The van der Waals surface area contributed by atoms with Crippen molar-refractivity contribution in [3.63, 3.8) is 0 Å². The van der Waals surface area contributed by atoms with Gasteiger partial charge >= 0.3 is 6.18 Å². The molecular formula is C16H16F3NO2S. The van der Waals surface area contributed by atoms with Crippen LogP contribution in [0.4, 0.5) is 13.2 Å². The molecule has 2 N–H and O–H groups in total. The standard InChI is InChI=1S/C16H16F3NO2S/c17-16(18,19)15(22,12-5-2-1-3-6-12)8-9-20-14(21)11-13-7-4-10-23-13/h1-7,10,22H,8-9,11H2,(H,20,21)/t15-/m1/s1. The third-order valence-corrected chi connectivity index (χ3v) is 4.32. The first-order chi connectivity index (χ1) is 10.8. The minimum absolute atomic E-state index is 0.119. The van der Waals surface area contributed by atoms with Crippen LogP contribution in [0.25, 0.3) is 0 Å². The molecule has 0 fully saturated rings. The topological polar surface area (TPSA) is 49.3 Å². The van der Waals surface area contributed by atoms with Crippen molar-refractivity contribution in [3.05, 3.63) is 58.3 Å². The van der Waals surface area contributed by atoms with Gasteiger partial charge in [-0.05, 0) is 17.0 Å². The zero-order chi connectivity index (χ0) is 16.9. The Bertz CT molecular complexity index is 629. The molecule has 7 heteroatoms. The zero-order valence-corrected chi connectivity index (χ0v) is 13.0. The van der Waals surface area contributed by atoms with Gasteiger partial charge in [-0.25, -0.2) is 0 Å². The number of thiophene rings is 1. The van der Waals surface area contributed by atoms with Gasteiger partial charge in [-0.15, -0.1) is 11.3 Å². The van der Waals surface area contributed by atoms with Gasteiger partial charge in [-0.1, -0.05) is 36.4 Å². The zero-order valence-electron chi connectivity index (χ0n) is 12.1. The smallest absolute Gasteiger partial charge is 0.376 e. The summed E-state index contributed by atoms with van der Waals surface area (Å²) in [5, 5.41) is 14.4. The van der Waals surface area contributed by atoms with Crippen LogP contribution in [0.1, 0.15) is 16.9 Å². The minimum atomic E-state index is -4.83. The SMILES string of the molecule is O=C(Cc1cccs1)NCC[C@@](O)(c1ccccc1)C(F)(F)F. The summed E-state index contributed by atoms with van der Waals surface area (Å²) >= 11 is 1.40. The van der Waals surface area contributed by atoms with Gasteiger partial charge in [0.2, 0.25) is 5.91 Å². The van der Waals surface area contributed by atoms with E-state index < -0.39 is 18.2 Å². The molecule has 1 aromatic carbocycles. The molecule has 2 aromatic rings. The van der Waals surface area contributed by atoms with Gasteiger partial charge in [0.15, 0.2) is 5.60 Å². The van der Waals surface area contributed by atoms with Gasteiger partial charge in [0, 0.05) is 17.8 Å². The Balaban J connectivity index is 1.98. The lowest BCUT2D eigenvalue weighted by atomic mass is 9.89. The Morgan fingerprint density at radius 2 is 1.83 bits per heavy atom. The first-order valence-electron chi connectivity index (χ1n) is 6.96. The Morgan fingerprint density at radius 1 is 1.13 bits per heavy atom.